The standard InChI is InChI=1S/C32H53NO3/c1-20(2)26(33-35)12-10-21(3)23-14-18-32(9)25-11-13-27-29(5,6)28(36-22(4)34)16-17-30(27,7)24(25)15-19-31(23,32)8/h20-21,23,27-28,35H,10-19H2,1-9H3/b33-26-/t21?,23?,27?,28?,30?,31?,32-/m0/s1. The second kappa shape index (κ2) is 9.45. The van der Waals surface area contributed by atoms with E-state index in [2.05, 4.69) is 60.5 Å². The van der Waals surface area contributed by atoms with Crippen molar-refractivity contribution in [1.29, 1.82) is 0 Å². The third-order valence-corrected chi connectivity index (χ3v) is 12.4. The van der Waals surface area contributed by atoms with Crippen LogP contribution in [0.5, 0.6) is 0 Å². The summed E-state index contributed by atoms with van der Waals surface area (Å²) in [5, 5.41) is 13.1. The van der Waals surface area contributed by atoms with E-state index in [1.165, 1.54) is 38.5 Å². The van der Waals surface area contributed by atoms with Gasteiger partial charge >= 0.3 is 5.97 Å². The summed E-state index contributed by atoms with van der Waals surface area (Å²) < 4.78 is 5.87. The highest BCUT2D eigenvalue weighted by Gasteiger charge is 2.63. The minimum absolute atomic E-state index is 0.00790. The smallest absolute Gasteiger partial charge is 0.302 e. The number of esters is 1. The molecule has 0 aromatic rings. The molecular formula is C32H53NO3. The molecule has 0 spiro atoms. The van der Waals surface area contributed by atoms with E-state index in [-0.39, 0.29) is 28.3 Å². The van der Waals surface area contributed by atoms with Gasteiger partial charge in [0.25, 0.3) is 0 Å². The SMILES string of the molecule is CC(=O)OC1CCC2(C)C3=C(CCC2C1(C)C)[C@]1(C)CCC(C(C)CC/C(=N/O)C(C)C)C1(C)CC3. The van der Waals surface area contributed by atoms with Crippen LogP contribution in [0.2, 0.25) is 0 Å². The average molecular weight is 500 g/mol. The first-order valence-corrected chi connectivity index (χ1v) is 14.8. The molecule has 0 amide bonds. The first-order chi connectivity index (χ1) is 16.7. The van der Waals surface area contributed by atoms with Crippen molar-refractivity contribution in [3.63, 3.8) is 0 Å². The molecule has 0 bridgehead atoms. The predicted octanol–water partition coefficient (Wildman–Crippen LogP) is 8.57. The molecule has 4 rings (SSSR count). The van der Waals surface area contributed by atoms with Crippen LogP contribution in [0.1, 0.15) is 127 Å². The second-order valence-electron chi connectivity index (χ2n) is 14.6. The largest absolute Gasteiger partial charge is 0.462 e. The van der Waals surface area contributed by atoms with Crippen LogP contribution in [-0.2, 0) is 9.53 Å². The molecule has 6 unspecified atom stereocenters. The Morgan fingerprint density at radius 2 is 1.69 bits per heavy atom. The van der Waals surface area contributed by atoms with Crippen LogP contribution in [0.4, 0.5) is 0 Å². The van der Waals surface area contributed by atoms with E-state index in [0.717, 1.165) is 37.3 Å². The molecule has 2 saturated carbocycles. The van der Waals surface area contributed by atoms with Crippen molar-refractivity contribution >= 4 is 11.7 Å². The van der Waals surface area contributed by atoms with Crippen molar-refractivity contribution in [2.24, 2.45) is 50.5 Å². The van der Waals surface area contributed by atoms with E-state index >= 15 is 0 Å². The molecule has 0 heterocycles. The Morgan fingerprint density at radius 1 is 1.00 bits per heavy atom. The summed E-state index contributed by atoms with van der Waals surface area (Å²) in [4.78, 5) is 11.8. The number of allylic oxidation sites excluding steroid dienone is 2. The van der Waals surface area contributed by atoms with Crippen molar-refractivity contribution in [3.8, 4) is 0 Å². The number of hydrogen-bond donors (Lipinski definition) is 1. The van der Waals surface area contributed by atoms with Crippen molar-refractivity contribution in [1.82, 2.24) is 0 Å². The summed E-state index contributed by atoms with van der Waals surface area (Å²) in [5.41, 5.74) is 5.41. The van der Waals surface area contributed by atoms with E-state index in [1.807, 2.05) is 5.57 Å². The second-order valence-corrected chi connectivity index (χ2v) is 14.6. The molecule has 0 radical (unpaired) electrons. The zero-order valence-corrected chi connectivity index (χ0v) is 24.7. The number of oxime groups is 1. The van der Waals surface area contributed by atoms with Crippen molar-refractivity contribution in [2.75, 3.05) is 0 Å². The lowest BCUT2D eigenvalue weighted by molar-refractivity contribution is -0.167. The molecule has 4 aliphatic rings. The normalized spacial score (nSPS) is 40.9. The van der Waals surface area contributed by atoms with E-state index < -0.39 is 0 Å². The predicted molar refractivity (Wildman–Crippen MR) is 147 cm³/mol. The third-order valence-electron chi connectivity index (χ3n) is 12.4. The maximum absolute atomic E-state index is 11.8. The van der Waals surface area contributed by atoms with Gasteiger partial charge in [-0.2, -0.15) is 0 Å². The zero-order chi connectivity index (χ0) is 26.7. The minimum atomic E-state index is -0.134. The zero-order valence-electron chi connectivity index (χ0n) is 24.7. The molecule has 0 aromatic heterocycles. The summed E-state index contributed by atoms with van der Waals surface area (Å²) in [6.45, 7) is 20.8. The highest BCUT2D eigenvalue weighted by atomic mass is 16.5. The van der Waals surface area contributed by atoms with Crippen LogP contribution >= 0.6 is 0 Å². The van der Waals surface area contributed by atoms with Crippen LogP contribution in [0, 0.1) is 45.3 Å². The van der Waals surface area contributed by atoms with Crippen LogP contribution < -0.4 is 0 Å². The minimum Gasteiger partial charge on any atom is -0.462 e. The Balaban J connectivity index is 1.60. The monoisotopic (exact) mass is 499 g/mol. The fourth-order valence-electron chi connectivity index (χ4n) is 10.1. The molecule has 7 atom stereocenters. The number of hydrogen-bond acceptors (Lipinski definition) is 4. The molecule has 204 valence electrons. The maximum Gasteiger partial charge on any atom is 0.302 e. The number of nitrogens with zero attached hydrogens (tertiary/aromatic N) is 1. The summed E-state index contributed by atoms with van der Waals surface area (Å²) in [6, 6.07) is 0. The Bertz CT molecular complexity index is 932. The summed E-state index contributed by atoms with van der Waals surface area (Å²) >= 11 is 0. The number of fused-ring (bicyclic) bond motifs is 4. The van der Waals surface area contributed by atoms with Crippen LogP contribution in [0.3, 0.4) is 0 Å². The van der Waals surface area contributed by atoms with Gasteiger partial charge < -0.3 is 9.94 Å². The number of carbonyl (C=O) groups is 1. The van der Waals surface area contributed by atoms with E-state index in [1.54, 1.807) is 12.5 Å². The average Bonchev–Trinajstić information content (AvgIpc) is 3.07. The van der Waals surface area contributed by atoms with Crippen LogP contribution in [0.15, 0.2) is 16.3 Å². The lowest BCUT2D eigenvalue weighted by Crippen LogP contribution is -2.55. The van der Waals surface area contributed by atoms with Crippen molar-refractivity contribution in [2.45, 2.75) is 133 Å². The Labute approximate surface area is 220 Å². The molecule has 4 nitrogen and oxygen atoms in total. The van der Waals surface area contributed by atoms with Crippen molar-refractivity contribution in [3.05, 3.63) is 11.1 Å². The fraction of sp³-hybridized carbons (Fsp3) is 0.875. The van der Waals surface area contributed by atoms with Gasteiger partial charge in [-0.25, -0.2) is 0 Å². The molecular weight excluding hydrogens is 446 g/mol. The first-order valence-electron chi connectivity index (χ1n) is 14.8. The molecule has 1 N–H and O–H groups in total. The fourth-order valence-corrected chi connectivity index (χ4v) is 10.1. The molecule has 4 heteroatoms. The molecule has 0 aliphatic heterocycles. The first kappa shape index (κ1) is 27.7. The Kier molecular flexibility index (Phi) is 7.28. The molecule has 4 aliphatic carbocycles. The van der Waals surface area contributed by atoms with Gasteiger partial charge in [0.1, 0.15) is 6.10 Å². The van der Waals surface area contributed by atoms with Crippen LogP contribution in [0.25, 0.3) is 0 Å². The van der Waals surface area contributed by atoms with E-state index in [9.17, 15) is 10.0 Å². The summed E-state index contributed by atoms with van der Waals surface area (Å²) in [6.07, 6.45) is 11.8. The highest BCUT2D eigenvalue weighted by molar-refractivity contribution is 5.85. The van der Waals surface area contributed by atoms with Crippen LogP contribution in [-0.4, -0.2) is 23.0 Å². The lowest BCUT2D eigenvalue weighted by atomic mass is 9.43. The third kappa shape index (κ3) is 4.08. The van der Waals surface area contributed by atoms with E-state index in [0.29, 0.717) is 23.2 Å². The molecule has 0 aromatic carbocycles. The molecule has 36 heavy (non-hydrogen) atoms. The lowest BCUT2D eigenvalue weighted by Gasteiger charge is -2.62. The van der Waals surface area contributed by atoms with Gasteiger partial charge in [-0.3, -0.25) is 4.79 Å². The Hall–Kier alpha value is -1.32. The maximum atomic E-state index is 11.8. The topological polar surface area (TPSA) is 58.9 Å². The molecule has 2 fully saturated rings. The summed E-state index contributed by atoms with van der Waals surface area (Å²) in [7, 11) is 0. The van der Waals surface area contributed by atoms with Gasteiger partial charge in [-0.1, -0.05) is 71.7 Å². The molecule has 0 saturated heterocycles. The van der Waals surface area contributed by atoms with Gasteiger partial charge in [0.2, 0.25) is 0 Å². The van der Waals surface area contributed by atoms with Gasteiger partial charge in [0, 0.05) is 12.3 Å². The van der Waals surface area contributed by atoms with Gasteiger partial charge in [0.15, 0.2) is 0 Å². The van der Waals surface area contributed by atoms with Gasteiger partial charge in [0.05, 0.1) is 5.71 Å². The quantitative estimate of drug-likeness (QED) is 0.131. The van der Waals surface area contributed by atoms with E-state index in [4.69, 9.17) is 4.74 Å². The summed E-state index contributed by atoms with van der Waals surface area (Å²) in [5.74, 6) is 2.11. The van der Waals surface area contributed by atoms with Gasteiger partial charge in [-0.15, -0.1) is 0 Å². The van der Waals surface area contributed by atoms with Crippen molar-refractivity contribution < 1.29 is 14.7 Å². The van der Waals surface area contributed by atoms with Gasteiger partial charge in [-0.05, 0) is 104 Å². The number of rotatable bonds is 6. The number of ether oxygens (including phenoxy) is 1. The Morgan fingerprint density at radius 3 is 2.31 bits per heavy atom. The number of carbonyl (C=O) groups excluding carboxylic acids is 1. The highest BCUT2D eigenvalue weighted by Crippen LogP contribution is 2.72.